The van der Waals surface area contributed by atoms with Gasteiger partial charge in [-0.25, -0.2) is 4.98 Å². The van der Waals surface area contributed by atoms with Gasteiger partial charge in [-0.1, -0.05) is 11.3 Å². The summed E-state index contributed by atoms with van der Waals surface area (Å²) in [5, 5.41) is 21.5. The number of nitrogens with one attached hydrogen (secondary N) is 1. The molecule has 1 aliphatic rings. The fourth-order valence-electron chi connectivity index (χ4n) is 3.61. The van der Waals surface area contributed by atoms with Crippen LogP contribution in [0.5, 0.6) is 0 Å². The second kappa shape index (κ2) is 5.90. The summed E-state index contributed by atoms with van der Waals surface area (Å²) in [5.74, 6) is 0.549. The van der Waals surface area contributed by atoms with Crippen molar-refractivity contribution in [3.63, 3.8) is 0 Å². The molecule has 1 fully saturated rings. The fourth-order valence-corrected chi connectivity index (χ4v) is 4.57. The predicted octanol–water partition coefficient (Wildman–Crippen LogP) is 2.68. The highest BCUT2D eigenvalue weighted by Crippen LogP contribution is 2.33. The lowest BCUT2D eigenvalue weighted by Crippen LogP contribution is -2.26. The maximum absolute atomic E-state index is 9.45. The Morgan fingerprint density at radius 2 is 2.08 bits per heavy atom. The SMILES string of the molecule is Cn1nc2cc(-c3cn4cc(C5CCNCC5)nc4s3)cc(C#N)c2n1. The van der Waals surface area contributed by atoms with Crippen LogP contribution in [0.25, 0.3) is 26.4 Å². The van der Waals surface area contributed by atoms with E-state index >= 15 is 0 Å². The van der Waals surface area contributed by atoms with Gasteiger partial charge in [0.25, 0.3) is 0 Å². The van der Waals surface area contributed by atoms with Crippen LogP contribution >= 0.6 is 11.3 Å². The van der Waals surface area contributed by atoms with Gasteiger partial charge in [0, 0.05) is 25.4 Å². The summed E-state index contributed by atoms with van der Waals surface area (Å²) in [7, 11) is 1.77. The van der Waals surface area contributed by atoms with Crippen LogP contribution in [0.1, 0.15) is 30.0 Å². The zero-order valence-electron chi connectivity index (χ0n) is 14.3. The van der Waals surface area contributed by atoms with Crippen LogP contribution in [0.2, 0.25) is 0 Å². The van der Waals surface area contributed by atoms with E-state index in [2.05, 4.69) is 38.4 Å². The number of aryl methyl sites for hydroxylation is 1. The molecule has 5 rings (SSSR count). The van der Waals surface area contributed by atoms with Gasteiger partial charge in [0.2, 0.25) is 0 Å². The molecule has 0 aliphatic carbocycles. The minimum Gasteiger partial charge on any atom is -0.317 e. The largest absolute Gasteiger partial charge is 0.317 e. The van der Waals surface area contributed by atoms with Gasteiger partial charge in [0.15, 0.2) is 4.96 Å². The Labute approximate surface area is 153 Å². The lowest BCUT2D eigenvalue weighted by Gasteiger charge is -2.20. The number of benzene rings is 1. The number of nitrogens with zero attached hydrogens (tertiary/aromatic N) is 6. The third-order valence-electron chi connectivity index (χ3n) is 4.92. The van der Waals surface area contributed by atoms with E-state index in [1.807, 2.05) is 12.1 Å². The van der Waals surface area contributed by atoms with Crippen molar-refractivity contribution < 1.29 is 0 Å². The first kappa shape index (κ1) is 15.5. The topological polar surface area (TPSA) is 83.8 Å². The summed E-state index contributed by atoms with van der Waals surface area (Å²) in [5.41, 5.74) is 4.10. The minimum absolute atomic E-state index is 0.548. The molecule has 8 heteroatoms. The monoisotopic (exact) mass is 363 g/mol. The molecule has 1 aromatic carbocycles. The van der Waals surface area contributed by atoms with E-state index in [1.54, 1.807) is 18.4 Å². The molecule has 1 N–H and O–H groups in total. The van der Waals surface area contributed by atoms with Gasteiger partial charge >= 0.3 is 0 Å². The van der Waals surface area contributed by atoms with E-state index in [0.29, 0.717) is 17.0 Å². The third-order valence-corrected chi connectivity index (χ3v) is 5.97. The molecule has 0 spiro atoms. The Morgan fingerprint density at radius 3 is 2.85 bits per heavy atom. The molecule has 0 bridgehead atoms. The maximum atomic E-state index is 9.45. The Morgan fingerprint density at radius 1 is 1.23 bits per heavy atom. The van der Waals surface area contributed by atoms with Gasteiger partial charge in [-0.05, 0) is 43.6 Å². The van der Waals surface area contributed by atoms with Crippen LogP contribution in [-0.2, 0) is 7.05 Å². The number of aromatic nitrogens is 5. The molecule has 7 nitrogen and oxygen atoms in total. The molecular formula is C18H17N7S. The van der Waals surface area contributed by atoms with Gasteiger partial charge in [-0.15, -0.1) is 0 Å². The van der Waals surface area contributed by atoms with Crippen LogP contribution in [0.3, 0.4) is 0 Å². The molecule has 0 unspecified atom stereocenters. The van der Waals surface area contributed by atoms with Crippen molar-refractivity contribution in [3.8, 4) is 16.5 Å². The number of nitriles is 1. The molecule has 0 radical (unpaired) electrons. The Bertz CT molecular complexity index is 1120. The van der Waals surface area contributed by atoms with Crippen molar-refractivity contribution in [2.45, 2.75) is 18.8 Å². The number of thiazole rings is 1. The molecule has 0 atom stereocenters. The van der Waals surface area contributed by atoms with Crippen molar-refractivity contribution in [2.24, 2.45) is 7.05 Å². The summed E-state index contributed by atoms with van der Waals surface area (Å²) in [4.78, 5) is 8.42. The Balaban J connectivity index is 1.55. The van der Waals surface area contributed by atoms with Crippen LogP contribution in [0.4, 0.5) is 0 Å². The van der Waals surface area contributed by atoms with E-state index in [9.17, 15) is 5.26 Å². The van der Waals surface area contributed by atoms with Crippen molar-refractivity contribution in [3.05, 3.63) is 35.8 Å². The van der Waals surface area contributed by atoms with E-state index in [4.69, 9.17) is 4.98 Å². The Kier molecular flexibility index (Phi) is 3.51. The standard InChI is InChI=1S/C18H17N7S/c1-24-22-14-7-12(6-13(8-19)17(14)23-24)16-10-25-9-15(21-18(25)26-16)11-2-4-20-5-3-11/h6-7,9-11,20H,2-5H2,1H3. The number of hydrogen-bond acceptors (Lipinski definition) is 6. The van der Waals surface area contributed by atoms with Crippen molar-refractivity contribution >= 4 is 27.3 Å². The van der Waals surface area contributed by atoms with Crippen molar-refractivity contribution in [1.82, 2.24) is 29.7 Å². The van der Waals surface area contributed by atoms with Gasteiger partial charge in [0.05, 0.1) is 16.1 Å². The highest BCUT2D eigenvalue weighted by Gasteiger charge is 2.19. The fraction of sp³-hybridized carbons (Fsp3) is 0.333. The molecule has 26 heavy (non-hydrogen) atoms. The van der Waals surface area contributed by atoms with E-state index in [-0.39, 0.29) is 0 Å². The number of hydrogen-bond donors (Lipinski definition) is 1. The minimum atomic E-state index is 0.548. The maximum Gasteiger partial charge on any atom is 0.194 e. The van der Waals surface area contributed by atoms with Crippen LogP contribution in [-0.4, -0.2) is 37.5 Å². The first-order chi connectivity index (χ1) is 12.7. The van der Waals surface area contributed by atoms with E-state index < -0.39 is 0 Å². The number of fused-ring (bicyclic) bond motifs is 2. The van der Waals surface area contributed by atoms with Gasteiger partial charge in [-0.2, -0.15) is 20.3 Å². The van der Waals surface area contributed by atoms with Gasteiger partial charge in [-0.3, -0.25) is 4.40 Å². The summed E-state index contributed by atoms with van der Waals surface area (Å²) in [6.45, 7) is 2.13. The van der Waals surface area contributed by atoms with Crippen LogP contribution in [0.15, 0.2) is 24.5 Å². The first-order valence-corrected chi connectivity index (χ1v) is 9.47. The first-order valence-electron chi connectivity index (χ1n) is 8.66. The van der Waals surface area contributed by atoms with Crippen molar-refractivity contribution in [2.75, 3.05) is 13.1 Å². The van der Waals surface area contributed by atoms with Gasteiger partial charge < -0.3 is 5.32 Å². The van der Waals surface area contributed by atoms with E-state index in [1.165, 1.54) is 10.5 Å². The van der Waals surface area contributed by atoms with Gasteiger partial charge in [0.1, 0.15) is 17.1 Å². The van der Waals surface area contributed by atoms with Crippen LogP contribution in [0, 0.1) is 11.3 Å². The Hall–Kier alpha value is -2.76. The number of rotatable bonds is 2. The quantitative estimate of drug-likeness (QED) is 0.592. The summed E-state index contributed by atoms with van der Waals surface area (Å²) in [6, 6.07) is 6.11. The third kappa shape index (κ3) is 2.48. The highest BCUT2D eigenvalue weighted by molar-refractivity contribution is 7.20. The zero-order chi connectivity index (χ0) is 17.7. The summed E-state index contributed by atoms with van der Waals surface area (Å²) in [6.07, 6.45) is 6.53. The second-order valence-corrected chi connectivity index (χ2v) is 7.68. The molecule has 4 heterocycles. The smallest absolute Gasteiger partial charge is 0.194 e. The molecular weight excluding hydrogens is 346 g/mol. The normalized spacial score (nSPS) is 15.7. The molecule has 130 valence electrons. The number of imidazole rings is 1. The lowest BCUT2D eigenvalue weighted by molar-refractivity contribution is 0.454. The molecule has 4 aromatic rings. The number of piperidine rings is 1. The van der Waals surface area contributed by atoms with Crippen LogP contribution < -0.4 is 5.32 Å². The molecule has 0 saturated carbocycles. The molecule has 1 aliphatic heterocycles. The molecule has 0 amide bonds. The lowest BCUT2D eigenvalue weighted by atomic mass is 9.95. The van der Waals surface area contributed by atoms with E-state index in [0.717, 1.165) is 46.8 Å². The summed E-state index contributed by atoms with van der Waals surface area (Å²) >= 11 is 1.64. The molecule has 1 saturated heterocycles. The second-order valence-electron chi connectivity index (χ2n) is 6.67. The highest BCUT2D eigenvalue weighted by atomic mass is 32.1. The predicted molar refractivity (Wildman–Crippen MR) is 100 cm³/mol. The average molecular weight is 363 g/mol. The van der Waals surface area contributed by atoms with Crippen molar-refractivity contribution in [1.29, 1.82) is 5.26 Å². The molecule has 3 aromatic heterocycles. The zero-order valence-corrected chi connectivity index (χ0v) is 15.1. The average Bonchev–Trinajstić information content (AvgIpc) is 3.33. The summed E-state index contributed by atoms with van der Waals surface area (Å²) < 4.78 is 2.10.